The van der Waals surface area contributed by atoms with E-state index in [1.165, 1.54) is 0 Å². The monoisotopic (exact) mass is 367 g/mol. The van der Waals surface area contributed by atoms with E-state index >= 15 is 0 Å². The third-order valence-corrected chi connectivity index (χ3v) is 3.86. The number of aliphatic hydroxyl groups excluding tert-OH is 8. The van der Waals surface area contributed by atoms with E-state index in [9.17, 15) is 40.5 Å². The zero-order chi connectivity index (χ0) is 19.3. The first-order valence-electron chi connectivity index (χ1n) is 7.24. The molecule has 13 heteroatoms. The predicted molar refractivity (Wildman–Crippen MR) is 76.8 cm³/mol. The molecular formula is C12H21N3O10. The molecule has 0 amide bonds. The van der Waals surface area contributed by atoms with E-state index in [0.717, 1.165) is 0 Å². The Morgan fingerprint density at radius 2 is 1.68 bits per heavy atom. The summed E-state index contributed by atoms with van der Waals surface area (Å²) in [4.78, 5) is 14.5. The third kappa shape index (κ3) is 4.83. The van der Waals surface area contributed by atoms with Crippen molar-refractivity contribution in [3.63, 3.8) is 0 Å². The van der Waals surface area contributed by atoms with Crippen molar-refractivity contribution in [3.8, 4) is 0 Å². The number of hydrogen-bond donors (Lipinski definition) is 8. The molecule has 8 N–H and O–H groups in total. The number of aliphatic hydroxyl groups is 8. The Hall–Kier alpha value is -1.38. The molecule has 1 aliphatic heterocycles. The molecule has 0 radical (unpaired) electrons. The molecule has 1 heterocycles. The highest BCUT2D eigenvalue weighted by atomic mass is 16.5. The van der Waals surface area contributed by atoms with Gasteiger partial charge in [0.1, 0.15) is 48.8 Å². The van der Waals surface area contributed by atoms with Crippen LogP contribution < -0.4 is 0 Å². The lowest BCUT2D eigenvalue weighted by Gasteiger charge is -2.40. The van der Waals surface area contributed by atoms with Gasteiger partial charge in [-0.3, -0.25) is 4.79 Å². The molecule has 1 unspecified atom stereocenters. The largest absolute Gasteiger partial charge is 0.394 e. The summed E-state index contributed by atoms with van der Waals surface area (Å²) in [7, 11) is 0. The average molecular weight is 367 g/mol. The van der Waals surface area contributed by atoms with Gasteiger partial charge in [0, 0.05) is 4.91 Å². The molecule has 0 bridgehead atoms. The van der Waals surface area contributed by atoms with E-state index in [1.54, 1.807) is 0 Å². The van der Waals surface area contributed by atoms with E-state index < -0.39 is 73.9 Å². The van der Waals surface area contributed by atoms with Gasteiger partial charge in [0.25, 0.3) is 0 Å². The minimum atomic E-state index is -2.35. The van der Waals surface area contributed by atoms with Crippen LogP contribution in [0.2, 0.25) is 0 Å². The van der Waals surface area contributed by atoms with Gasteiger partial charge in [0.15, 0.2) is 5.78 Å². The number of Topliss-reactive ketones (excluding diaryl/α,β-unsaturated/α-hetero) is 1. The number of carbonyl (C=O) groups is 1. The number of azide groups is 1. The molecule has 1 fully saturated rings. The molecule has 0 aromatic carbocycles. The molecule has 9 atom stereocenters. The predicted octanol–water partition coefficient (Wildman–Crippen LogP) is -4.85. The van der Waals surface area contributed by atoms with Gasteiger partial charge in [0.05, 0.1) is 19.3 Å². The van der Waals surface area contributed by atoms with Gasteiger partial charge in [-0.25, -0.2) is 0 Å². The fourth-order valence-corrected chi connectivity index (χ4v) is 2.32. The first-order chi connectivity index (χ1) is 11.7. The molecule has 1 aliphatic rings. The van der Waals surface area contributed by atoms with Crippen LogP contribution in [-0.4, -0.2) is 115 Å². The summed E-state index contributed by atoms with van der Waals surface area (Å²) < 4.78 is 4.93. The molecule has 0 aromatic rings. The Labute approximate surface area is 141 Å². The minimum Gasteiger partial charge on any atom is -0.394 e. The van der Waals surface area contributed by atoms with Crippen LogP contribution in [0.3, 0.4) is 0 Å². The molecule has 0 spiro atoms. The molecule has 0 aromatic heterocycles. The number of ether oxygens (including phenoxy) is 1. The lowest BCUT2D eigenvalue weighted by molar-refractivity contribution is -0.231. The zero-order valence-electron chi connectivity index (χ0n) is 12.8. The van der Waals surface area contributed by atoms with E-state index in [2.05, 4.69) is 10.0 Å². The standard InChI is InChI=1S/C12H21N3O10/c13-15-14-1-3(17)5(18)7(20)9(22)11(24)12-10(23)8(21)6(19)4(2-16)25-12/h3-10,12,16-23H,1-2H2/t3-,4-,5-,6-,7+,8+,9-,10-,12?/m1/s1. The lowest BCUT2D eigenvalue weighted by atomic mass is 9.89. The van der Waals surface area contributed by atoms with Crippen LogP contribution in [0.5, 0.6) is 0 Å². The second kappa shape index (κ2) is 9.35. The molecule has 0 saturated carbocycles. The zero-order valence-corrected chi connectivity index (χ0v) is 12.8. The van der Waals surface area contributed by atoms with Crippen LogP contribution in [0.15, 0.2) is 5.11 Å². The van der Waals surface area contributed by atoms with Crippen molar-refractivity contribution in [3.05, 3.63) is 10.4 Å². The Morgan fingerprint density at radius 1 is 1.08 bits per heavy atom. The van der Waals surface area contributed by atoms with Crippen LogP contribution >= 0.6 is 0 Å². The Morgan fingerprint density at radius 3 is 2.20 bits per heavy atom. The Balaban J connectivity index is 2.84. The van der Waals surface area contributed by atoms with E-state index in [0.29, 0.717) is 0 Å². The molecule has 1 saturated heterocycles. The van der Waals surface area contributed by atoms with Crippen molar-refractivity contribution in [1.29, 1.82) is 0 Å². The third-order valence-electron chi connectivity index (χ3n) is 3.86. The number of rotatable bonds is 8. The summed E-state index contributed by atoms with van der Waals surface area (Å²) in [5.74, 6) is -1.36. The summed E-state index contributed by atoms with van der Waals surface area (Å²) in [5, 5.41) is 79.8. The number of carbonyl (C=O) groups excluding carboxylic acids is 1. The maximum Gasteiger partial charge on any atom is 0.195 e. The molecule has 25 heavy (non-hydrogen) atoms. The fraction of sp³-hybridized carbons (Fsp3) is 0.917. The quantitative estimate of drug-likeness (QED) is 0.116. The van der Waals surface area contributed by atoms with Gasteiger partial charge in [-0.1, -0.05) is 5.11 Å². The topological polar surface area (TPSA) is 237 Å². The van der Waals surface area contributed by atoms with Crippen LogP contribution in [0.25, 0.3) is 10.4 Å². The van der Waals surface area contributed by atoms with Gasteiger partial charge in [-0.15, -0.1) is 0 Å². The van der Waals surface area contributed by atoms with Crippen molar-refractivity contribution < 1.29 is 50.4 Å². The smallest absolute Gasteiger partial charge is 0.195 e. The molecule has 144 valence electrons. The summed E-state index contributed by atoms with van der Waals surface area (Å²) in [6.07, 6.45) is -17.3. The first kappa shape index (κ1) is 21.7. The van der Waals surface area contributed by atoms with E-state index in [1.807, 2.05) is 0 Å². The highest BCUT2D eigenvalue weighted by Crippen LogP contribution is 2.23. The van der Waals surface area contributed by atoms with Crippen molar-refractivity contribution in [1.82, 2.24) is 0 Å². The van der Waals surface area contributed by atoms with Crippen LogP contribution in [0, 0.1) is 0 Å². The normalized spacial score (nSPS) is 34.5. The van der Waals surface area contributed by atoms with Gasteiger partial charge in [-0.2, -0.15) is 0 Å². The SMILES string of the molecule is [N-]=[N+]=NC[C@@H](O)[C@@H](O)[C@H](O)[C@@H](O)C(=O)C1O[C@H](CO)[C@@H](O)[C@H](O)[C@H]1O. The summed E-state index contributed by atoms with van der Waals surface area (Å²) in [5.41, 5.74) is 8.12. The van der Waals surface area contributed by atoms with Gasteiger partial charge in [0.2, 0.25) is 0 Å². The van der Waals surface area contributed by atoms with Crippen molar-refractivity contribution >= 4 is 5.78 Å². The van der Waals surface area contributed by atoms with Crippen molar-refractivity contribution in [2.24, 2.45) is 5.11 Å². The van der Waals surface area contributed by atoms with Crippen LogP contribution in [-0.2, 0) is 9.53 Å². The summed E-state index contributed by atoms with van der Waals surface area (Å²) in [6.45, 7) is -1.45. The number of hydrogen-bond acceptors (Lipinski definition) is 11. The maximum absolute atomic E-state index is 12.2. The number of ketones is 1. The van der Waals surface area contributed by atoms with Gasteiger partial charge in [-0.05, 0) is 5.53 Å². The highest BCUT2D eigenvalue weighted by molar-refractivity contribution is 5.88. The minimum absolute atomic E-state index is 0.643. The maximum atomic E-state index is 12.2. The number of nitrogens with zero attached hydrogens (tertiary/aromatic N) is 3. The van der Waals surface area contributed by atoms with Crippen LogP contribution in [0.1, 0.15) is 0 Å². The van der Waals surface area contributed by atoms with Crippen molar-refractivity contribution in [2.75, 3.05) is 13.2 Å². The van der Waals surface area contributed by atoms with Crippen LogP contribution in [0.4, 0.5) is 0 Å². The lowest BCUT2D eigenvalue weighted by Crippen LogP contribution is -2.63. The fourth-order valence-electron chi connectivity index (χ4n) is 2.32. The van der Waals surface area contributed by atoms with Crippen molar-refractivity contribution in [2.45, 2.75) is 54.9 Å². The molecule has 1 rings (SSSR count). The Bertz CT molecular complexity index is 500. The Kier molecular flexibility index (Phi) is 8.11. The van der Waals surface area contributed by atoms with E-state index in [-0.39, 0.29) is 0 Å². The highest BCUT2D eigenvalue weighted by Gasteiger charge is 2.49. The summed E-state index contributed by atoms with van der Waals surface area (Å²) >= 11 is 0. The second-order valence-corrected chi connectivity index (χ2v) is 5.56. The average Bonchev–Trinajstić information content (AvgIpc) is 2.61. The van der Waals surface area contributed by atoms with Gasteiger partial charge < -0.3 is 45.6 Å². The van der Waals surface area contributed by atoms with Gasteiger partial charge >= 0.3 is 0 Å². The first-order valence-corrected chi connectivity index (χ1v) is 7.24. The second-order valence-electron chi connectivity index (χ2n) is 5.56. The molecule has 0 aliphatic carbocycles. The molecule has 13 nitrogen and oxygen atoms in total. The molecular weight excluding hydrogens is 346 g/mol. The summed E-state index contributed by atoms with van der Waals surface area (Å²) in [6, 6.07) is 0. The van der Waals surface area contributed by atoms with E-state index in [4.69, 9.17) is 15.4 Å².